The predicted molar refractivity (Wildman–Crippen MR) is 126 cm³/mol. The second-order valence-electron chi connectivity index (χ2n) is 7.53. The van der Waals surface area contributed by atoms with E-state index in [-0.39, 0.29) is 0 Å². The molecule has 162 valence electrons. The summed E-state index contributed by atoms with van der Waals surface area (Å²) in [5, 5.41) is 3.32. The van der Waals surface area contributed by atoms with Gasteiger partial charge < -0.3 is 10.2 Å². The summed E-state index contributed by atoms with van der Waals surface area (Å²) in [5.41, 5.74) is 3.01. The first-order valence-electron chi connectivity index (χ1n) is 10.0. The SMILES string of the molecule is Cc1ccc(Nc2cc(C)nc(N3CCN(S(=O)(=O)c4ccc(Br)cc4)CC3)n2)cc1. The average Bonchev–Trinajstić information content (AvgIpc) is 2.75. The van der Waals surface area contributed by atoms with Gasteiger partial charge in [-0.25, -0.2) is 13.4 Å². The minimum atomic E-state index is -3.51. The highest BCUT2D eigenvalue weighted by Gasteiger charge is 2.29. The number of anilines is 3. The zero-order valence-electron chi connectivity index (χ0n) is 17.4. The predicted octanol–water partition coefficient (Wildman–Crippen LogP) is 4.11. The number of aromatic nitrogens is 2. The number of nitrogens with one attached hydrogen (secondary N) is 1. The highest BCUT2D eigenvalue weighted by atomic mass is 79.9. The van der Waals surface area contributed by atoms with Crippen LogP contribution in [-0.4, -0.2) is 48.9 Å². The third kappa shape index (κ3) is 5.06. The van der Waals surface area contributed by atoms with Crippen molar-refractivity contribution in [1.29, 1.82) is 0 Å². The molecule has 2 heterocycles. The Morgan fingerprint density at radius 3 is 2.19 bits per heavy atom. The summed E-state index contributed by atoms with van der Waals surface area (Å²) in [7, 11) is -3.51. The lowest BCUT2D eigenvalue weighted by atomic mass is 10.2. The maximum absolute atomic E-state index is 12.9. The Balaban J connectivity index is 1.46. The van der Waals surface area contributed by atoms with Crippen LogP contribution in [0.25, 0.3) is 0 Å². The van der Waals surface area contributed by atoms with Crippen molar-refractivity contribution in [3.8, 4) is 0 Å². The van der Waals surface area contributed by atoms with E-state index in [2.05, 4.69) is 31.2 Å². The van der Waals surface area contributed by atoms with Crippen molar-refractivity contribution >= 4 is 43.4 Å². The summed E-state index contributed by atoms with van der Waals surface area (Å²) >= 11 is 3.34. The molecule has 1 N–H and O–H groups in total. The molecule has 0 unspecified atom stereocenters. The Morgan fingerprint density at radius 1 is 0.903 bits per heavy atom. The molecule has 0 bridgehead atoms. The zero-order chi connectivity index (χ0) is 22.0. The monoisotopic (exact) mass is 501 g/mol. The molecule has 0 amide bonds. The molecule has 0 atom stereocenters. The van der Waals surface area contributed by atoms with Crippen molar-refractivity contribution < 1.29 is 8.42 Å². The molecule has 1 aliphatic heterocycles. The number of hydrogen-bond donors (Lipinski definition) is 1. The highest BCUT2D eigenvalue weighted by molar-refractivity contribution is 9.10. The van der Waals surface area contributed by atoms with Crippen molar-refractivity contribution in [2.24, 2.45) is 0 Å². The summed E-state index contributed by atoms with van der Waals surface area (Å²) in [6.07, 6.45) is 0. The second kappa shape index (κ2) is 8.94. The molecule has 0 radical (unpaired) electrons. The van der Waals surface area contributed by atoms with E-state index >= 15 is 0 Å². The molecule has 9 heteroatoms. The molecule has 7 nitrogen and oxygen atoms in total. The summed E-state index contributed by atoms with van der Waals surface area (Å²) in [4.78, 5) is 11.6. The number of piperazine rings is 1. The van der Waals surface area contributed by atoms with Crippen LogP contribution >= 0.6 is 15.9 Å². The quantitative estimate of drug-likeness (QED) is 0.566. The minimum Gasteiger partial charge on any atom is -0.340 e. The molecule has 31 heavy (non-hydrogen) atoms. The van der Waals surface area contributed by atoms with Crippen molar-refractivity contribution in [1.82, 2.24) is 14.3 Å². The molecule has 4 rings (SSSR count). The first kappa shape index (κ1) is 21.7. The summed E-state index contributed by atoms with van der Waals surface area (Å²) < 4.78 is 28.2. The third-order valence-electron chi connectivity index (χ3n) is 5.14. The average molecular weight is 502 g/mol. The Kier molecular flexibility index (Phi) is 6.27. The van der Waals surface area contributed by atoms with Gasteiger partial charge in [0.25, 0.3) is 0 Å². The van der Waals surface area contributed by atoms with Gasteiger partial charge >= 0.3 is 0 Å². The van der Waals surface area contributed by atoms with Crippen LogP contribution in [0, 0.1) is 13.8 Å². The third-order valence-corrected chi connectivity index (χ3v) is 7.58. The fourth-order valence-corrected chi connectivity index (χ4v) is 5.11. The van der Waals surface area contributed by atoms with E-state index < -0.39 is 10.0 Å². The van der Waals surface area contributed by atoms with E-state index in [1.165, 1.54) is 9.87 Å². The van der Waals surface area contributed by atoms with Gasteiger partial charge in [0.05, 0.1) is 4.90 Å². The van der Waals surface area contributed by atoms with Crippen molar-refractivity contribution in [2.45, 2.75) is 18.7 Å². The van der Waals surface area contributed by atoms with Gasteiger partial charge in [-0.05, 0) is 50.2 Å². The fraction of sp³-hybridized carbons (Fsp3) is 0.273. The number of halogens is 1. The van der Waals surface area contributed by atoms with Crippen LogP contribution in [0.4, 0.5) is 17.5 Å². The van der Waals surface area contributed by atoms with Crippen LogP contribution in [0.5, 0.6) is 0 Å². The molecule has 0 aliphatic carbocycles. The lowest BCUT2D eigenvalue weighted by Gasteiger charge is -2.34. The maximum atomic E-state index is 12.9. The van der Waals surface area contributed by atoms with Gasteiger partial charge in [-0.2, -0.15) is 9.29 Å². The summed E-state index contributed by atoms with van der Waals surface area (Å²) in [6, 6.07) is 16.7. The number of nitrogens with zero attached hydrogens (tertiary/aromatic N) is 4. The molecular weight excluding hydrogens is 478 g/mol. The van der Waals surface area contributed by atoms with Gasteiger partial charge in [-0.3, -0.25) is 0 Å². The lowest BCUT2D eigenvalue weighted by molar-refractivity contribution is 0.382. The Hall–Kier alpha value is -2.49. The van der Waals surface area contributed by atoms with Gasteiger partial charge in [-0.1, -0.05) is 33.6 Å². The molecule has 1 aromatic heterocycles. The molecule has 2 aromatic carbocycles. The summed E-state index contributed by atoms with van der Waals surface area (Å²) in [6.45, 7) is 5.81. The van der Waals surface area contributed by atoms with Crippen LogP contribution < -0.4 is 10.2 Å². The van der Waals surface area contributed by atoms with E-state index in [1.807, 2.05) is 49.1 Å². The first-order valence-corrected chi connectivity index (χ1v) is 12.2. The number of hydrogen-bond acceptors (Lipinski definition) is 6. The second-order valence-corrected chi connectivity index (χ2v) is 10.4. The highest BCUT2D eigenvalue weighted by Crippen LogP contribution is 2.23. The first-order chi connectivity index (χ1) is 14.8. The lowest BCUT2D eigenvalue weighted by Crippen LogP contribution is -2.49. The fourth-order valence-electron chi connectivity index (χ4n) is 3.43. The number of aryl methyl sites for hydroxylation is 2. The number of rotatable bonds is 5. The van der Waals surface area contributed by atoms with Crippen molar-refractivity contribution in [3.63, 3.8) is 0 Å². The van der Waals surface area contributed by atoms with Crippen molar-refractivity contribution in [3.05, 3.63) is 70.3 Å². The Labute approximate surface area is 191 Å². The van der Waals surface area contributed by atoms with Gasteiger partial charge in [0, 0.05) is 48.1 Å². The molecule has 1 saturated heterocycles. The number of sulfonamides is 1. The Bertz CT molecular complexity index is 1160. The molecular formula is C22H24BrN5O2S. The number of benzene rings is 2. The van der Waals surface area contributed by atoms with E-state index in [9.17, 15) is 8.42 Å². The van der Waals surface area contributed by atoms with Crippen LogP contribution in [0.2, 0.25) is 0 Å². The minimum absolute atomic E-state index is 0.306. The van der Waals surface area contributed by atoms with Gasteiger partial charge in [0.15, 0.2) is 0 Å². The smallest absolute Gasteiger partial charge is 0.243 e. The topological polar surface area (TPSA) is 78.4 Å². The van der Waals surface area contributed by atoms with Crippen LogP contribution in [0.15, 0.2) is 64.0 Å². The molecule has 0 saturated carbocycles. The summed E-state index contributed by atoms with van der Waals surface area (Å²) in [5.74, 6) is 1.33. The molecule has 0 spiro atoms. The zero-order valence-corrected chi connectivity index (χ0v) is 19.8. The Morgan fingerprint density at radius 2 is 1.55 bits per heavy atom. The molecule has 3 aromatic rings. The molecule has 1 fully saturated rings. The van der Waals surface area contributed by atoms with E-state index in [0.29, 0.717) is 37.0 Å². The van der Waals surface area contributed by atoms with E-state index in [1.54, 1.807) is 24.3 Å². The van der Waals surface area contributed by atoms with Crippen LogP contribution in [-0.2, 0) is 10.0 Å². The standard InChI is InChI=1S/C22H24BrN5O2S/c1-16-3-7-19(8-4-16)25-21-15-17(2)24-22(26-21)27-11-13-28(14-12-27)31(29,30)20-9-5-18(23)6-10-20/h3-10,15H,11-14H2,1-2H3,(H,24,25,26). The van der Waals surface area contributed by atoms with Gasteiger partial charge in [-0.15, -0.1) is 0 Å². The van der Waals surface area contributed by atoms with Gasteiger partial charge in [0.2, 0.25) is 16.0 Å². The largest absolute Gasteiger partial charge is 0.340 e. The van der Waals surface area contributed by atoms with Gasteiger partial charge in [0.1, 0.15) is 5.82 Å². The normalized spacial score (nSPS) is 15.1. The maximum Gasteiger partial charge on any atom is 0.243 e. The van der Waals surface area contributed by atoms with E-state index in [4.69, 9.17) is 0 Å². The van der Waals surface area contributed by atoms with Crippen LogP contribution in [0.1, 0.15) is 11.3 Å². The van der Waals surface area contributed by atoms with Crippen LogP contribution in [0.3, 0.4) is 0 Å². The van der Waals surface area contributed by atoms with E-state index in [0.717, 1.165) is 21.7 Å². The molecule has 1 aliphatic rings. The van der Waals surface area contributed by atoms with Crippen molar-refractivity contribution in [2.75, 3.05) is 36.4 Å².